The minimum absolute atomic E-state index is 0.00669. The third-order valence-electron chi connectivity index (χ3n) is 11.8. The minimum atomic E-state index is -1.64. The van der Waals surface area contributed by atoms with E-state index in [-0.39, 0.29) is 60.7 Å². The molecule has 324 valence electrons. The topological polar surface area (TPSA) is 218 Å². The molecule has 1 spiro atoms. The largest absolute Gasteiger partial charge is 0.391 e. The van der Waals surface area contributed by atoms with E-state index >= 15 is 0 Å². The minimum Gasteiger partial charge on any atom is -0.391 e. The van der Waals surface area contributed by atoms with E-state index in [1.165, 1.54) is 24.0 Å². The second kappa shape index (κ2) is 18.2. The summed E-state index contributed by atoms with van der Waals surface area (Å²) in [5, 5.41) is 31.9. The summed E-state index contributed by atoms with van der Waals surface area (Å²) in [6, 6.07) is 3.62. The fourth-order valence-electron chi connectivity index (χ4n) is 8.76. The average Bonchev–Trinajstić information content (AvgIpc) is 3.47. The molecule has 3 heterocycles. The van der Waals surface area contributed by atoms with Gasteiger partial charge in [-0.2, -0.15) is 0 Å². The van der Waals surface area contributed by atoms with Gasteiger partial charge in [-0.15, -0.1) is 0 Å². The highest BCUT2D eigenvalue weighted by atomic mass is 35.5. The fraction of sp³-hybridized carbons (Fsp3) is 0.548. The molecule has 2 aromatic rings. The number of nitrogens with one attached hydrogen (secondary N) is 4. The van der Waals surface area contributed by atoms with Crippen molar-refractivity contribution in [1.29, 1.82) is 0 Å². The molecule has 1 saturated carbocycles. The highest BCUT2D eigenvalue weighted by Gasteiger charge is 2.63. The molecule has 3 aliphatic heterocycles. The summed E-state index contributed by atoms with van der Waals surface area (Å²) in [7, 11) is 0. The quantitative estimate of drug-likeness (QED) is 0.183. The zero-order valence-corrected chi connectivity index (χ0v) is 34.8. The number of rotatable bonds is 12. The summed E-state index contributed by atoms with van der Waals surface area (Å²) >= 11 is 5.84. The fourth-order valence-corrected chi connectivity index (χ4v) is 8.92. The molecule has 6 rings (SSSR count). The van der Waals surface area contributed by atoms with E-state index in [4.69, 9.17) is 11.6 Å². The van der Waals surface area contributed by atoms with Gasteiger partial charge in [0.2, 0.25) is 29.5 Å². The number of aryl methyl sites for hydroxylation is 1. The Labute approximate surface area is 352 Å². The molecule has 0 unspecified atom stereocenters. The van der Waals surface area contributed by atoms with Crippen LogP contribution in [0.1, 0.15) is 70.4 Å². The second-order valence-corrected chi connectivity index (χ2v) is 17.2. The lowest BCUT2D eigenvalue weighted by atomic mass is 9.98. The van der Waals surface area contributed by atoms with E-state index in [2.05, 4.69) is 21.3 Å². The molecule has 1 aliphatic carbocycles. The third kappa shape index (κ3) is 9.74. The van der Waals surface area contributed by atoms with Crippen LogP contribution in [0.5, 0.6) is 0 Å². The summed E-state index contributed by atoms with van der Waals surface area (Å²) in [6.07, 6.45) is -0.554. The number of ketones is 1. The van der Waals surface area contributed by atoms with Crippen molar-refractivity contribution in [2.24, 2.45) is 5.92 Å². The van der Waals surface area contributed by atoms with Crippen molar-refractivity contribution < 1.29 is 48.2 Å². The first-order valence-corrected chi connectivity index (χ1v) is 20.8. The van der Waals surface area contributed by atoms with Crippen molar-refractivity contribution in [2.75, 3.05) is 25.0 Å². The maximum Gasteiger partial charge on any atom is 0.319 e. The molecule has 18 heteroatoms. The molecule has 4 fully saturated rings. The van der Waals surface area contributed by atoms with Crippen molar-refractivity contribution in [3.05, 3.63) is 64.4 Å². The Hall–Kier alpha value is -5.13. The van der Waals surface area contributed by atoms with Crippen LogP contribution in [0.4, 0.5) is 14.9 Å². The van der Waals surface area contributed by atoms with Gasteiger partial charge < -0.3 is 46.2 Å². The Morgan fingerprint density at radius 1 is 0.967 bits per heavy atom. The lowest BCUT2D eigenvalue weighted by Crippen LogP contribution is -2.62. The van der Waals surface area contributed by atoms with Gasteiger partial charge in [0.15, 0.2) is 5.78 Å². The number of aliphatic hydroxyl groups is 2. The van der Waals surface area contributed by atoms with Crippen LogP contribution in [-0.4, -0.2) is 134 Å². The standard InChI is InChI=1S/C42H53ClFN7O9/c1-22-8-7-9-26(14-22)15-31(47-41(60)46-30-12-11-27(43)16-29(30)44)36(55)48-35(25(4)52)40(59)50-21-28(53)17-33(50)39(58)49-13-6-5-10-32(49)37(56)45-24(3)38(57)51-20-23(2)18-42(51)19-34(42)54/h7-9,11-12,14,16,23-25,28,31-33,35,52-53H,5-6,10,13,15,17-21H2,1-4H3,(H,45,56)(H,48,55)(H2,46,47,60)/t23-,24+,25+,28-,31+,32+,33+,35+,42+/m1/s1. The summed E-state index contributed by atoms with van der Waals surface area (Å²) in [5.41, 5.74) is 0.519. The predicted octanol–water partition coefficient (Wildman–Crippen LogP) is 1.81. The number of aliphatic hydroxyl groups excluding tert-OH is 2. The van der Waals surface area contributed by atoms with E-state index in [1.54, 1.807) is 30.0 Å². The van der Waals surface area contributed by atoms with Gasteiger partial charge in [0.1, 0.15) is 41.6 Å². The first kappa shape index (κ1) is 44.4. The van der Waals surface area contributed by atoms with Gasteiger partial charge in [-0.25, -0.2) is 9.18 Å². The number of carbonyl (C=O) groups excluding carboxylic acids is 7. The Balaban J connectivity index is 1.15. The molecule has 9 atom stereocenters. The Kier molecular flexibility index (Phi) is 13.5. The number of nitrogens with zero attached hydrogens (tertiary/aromatic N) is 3. The van der Waals surface area contributed by atoms with Crippen molar-refractivity contribution in [1.82, 2.24) is 30.7 Å². The molecule has 7 amide bonds. The predicted molar refractivity (Wildman–Crippen MR) is 217 cm³/mol. The van der Waals surface area contributed by atoms with Gasteiger partial charge >= 0.3 is 6.03 Å². The number of Topliss-reactive ketones (excluding diaryl/α,β-unsaturated/α-hetero) is 1. The first-order valence-electron chi connectivity index (χ1n) is 20.4. The van der Waals surface area contributed by atoms with E-state index in [0.29, 0.717) is 37.8 Å². The van der Waals surface area contributed by atoms with Gasteiger partial charge in [0, 0.05) is 43.9 Å². The van der Waals surface area contributed by atoms with Gasteiger partial charge in [-0.3, -0.25) is 28.8 Å². The number of carbonyl (C=O) groups is 7. The van der Waals surface area contributed by atoms with Crippen molar-refractivity contribution >= 4 is 58.6 Å². The summed E-state index contributed by atoms with van der Waals surface area (Å²) in [6.45, 7) is 6.89. The van der Waals surface area contributed by atoms with E-state index in [9.17, 15) is 48.2 Å². The number of β-amino-alcohol motifs (C(OH)–C–C–N with tert-alkyl or cyclic N) is 1. The van der Waals surface area contributed by atoms with Crippen molar-refractivity contribution in [3.8, 4) is 0 Å². The van der Waals surface area contributed by atoms with Gasteiger partial charge in [-0.05, 0) is 76.1 Å². The molecule has 0 aromatic heterocycles. The van der Waals surface area contributed by atoms with Gasteiger partial charge in [-0.1, -0.05) is 48.4 Å². The highest BCUT2D eigenvalue weighted by Crippen LogP contribution is 2.48. The number of hydrogen-bond acceptors (Lipinski definition) is 9. The summed E-state index contributed by atoms with van der Waals surface area (Å²) < 4.78 is 14.5. The molecular weight excluding hydrogens is 801 g/mol. The van der Waals surface area contributed by atoms with Crippen LogP contribution in [0.25, 0.3) is 0 Å². The molecule has 3 saturated heterocycles. The SMILES string of the molecule is Cc1cccc(C[C@H](NC(=O)Nc2ccc(Cl)cc2F)C(=O)N[C@H](C(=O)N2C[C@H](O)C[C@H]2C(=O)N2CCCC[C@H]2C(=O)N[C@@H](C)C(=O)N2C[C@H](C)C[C@@]23CC3=O)[C@H](C)O)c1. The second-order valence-electron chi connectivity index (χ2n) is 16.8. The Bertz CT molecular complexity index is 2040. The molecule has 4 aliphatic rings. The zero-order chi connectivity index (χ0) is 43.6. The summed E-state index contributed by atoms with van der Waals surface area (Å²) in [5.74, 6) is -3.97. The molecule has 6 N–H and O–H groups in total. The number of urea groups is 1. The number of likely N-dealkylation sites (tertiary alicyclic amines) is 3. The smallest absolute Gasteiger partial charge is 0.319 e. The first-order chi connectivity index (χ1) is 28.4. The monoisotopic (exact) mass is 853 g/mol. The number of piperidine rings is 1. The van der Waals surface area contributed by atoms with E-state index in [0.717, 1.165) is 16.5 Å². The molecule has 0 radical (unpaired) electrons. The number of anilines is 1. The van der Waals surface area contributed by atoms with Crippen molar-refractivity contribution in [2.45, 2.75) is 121 Å². The van der Waals surface area contributed by atoms with Crippen molar-refractivity contribution in [3.63, 3.8) is 0 Å². The molecule has 2 aromatic carbocycles. The maximum absolute atomic E-state index is 14.5. The third-order valence-corrected chi connectivity index (χ3v) is 12.1. The number of halogens is 2. The molecular formula is C42H53ClFN7O9. The van der Waals surface area contributed by atoms with Crippen LogP contribution in [0.2, 0.25) is 5.02 Å². The van der Waals surface area contributed by atoms with Crippen LogP contribution >= 0.6 is 11.6 Å². The number of amides is 7. The van der Waals surface area contributed by atoms with Crippen LogP contribution in [0.3, 0.4) is 0 Å². The Morgan fingerprint density at radius 3 is 2.37 bits per heavy atom. The average molecular weight is 854 g/mol. The van der Waals surface area contributed by atoms with E-state index in [1.807, 2.05) is 19.9 Å². The number of benzene rings is 2. The van der Waals surface area contributed by atoms with Gasteiger partial charge in [0.05, 0.1) is 17.9 Å². The normalized spacial score (nSPS) is 25.6. The van der Waals surface area contributed by atoms with E-state index < -0.39 is 83.4 Å². The lowest BCUT2D eigenvalue weighted by Gasteiger charge is -2.39. The number of hydrogen-bond donors (Lipinski definition) is 6. The summed E-state index contributed by atoms with van der Waals surface area (Å²) in [4.78, 5) is 99.2. The van der Waals surface area contributed by atoms with Crippen LogP contribution in [-0.2, 0) is 35.2 Å². The molecule has 16 nitrogen and oxygen atoms in total. The molecule has 0 bridgehead atoms. The van der Waals surface area contributed by atoms with Crippen LogP contribution in [0.15, 0.2) is 42.5 Å². The zero-order valence-electron chi connectivity index (χ0n) is 34.1. The maximum atomic E-state index is 14.5. The lowest BCUT2D eigenvalue weighted by molar-refractivity contribution is -0.152. The van der Waals surface area contributed by atoms with Gasteiger partial charge in [0.25, 0.3) is 0 Å². The molecule has 60 heavy (non-hydrogen) atoms. The van der Waals surface area contributed by atoms with Crippen LogP contribution in [0, 0.1) is 18.7 Å². The highest BCUT2D eigenvalue weighted by molar-refractivity contribution is 6.30. The van der Waals surface area contributed by atoms with Crippen LogP contribution < -0.4 is 21.3 Å². The Morgan fingerprint density at radius 2 is 1.70 bits per heavy atom.